The monoisotopic (exact) mass is 373 g/mol. The number of fused-ring (bicyclic) bond motifs is 1. The highest BCUT2D eigenvalue weighted by atomic mass is 32.1. The van der Waals surface area contributed by atoms with Crippen LogP contribution in [0.2, 0.25) is 0 Å². The van der Waals surface area contributed by atoms with E-state index in [1.807, 2.05) is 0 Å². The van der Waals surface area contributed by atoms with Gasteiger partial charge in [0, 0.05) is 11.3 Å². The molecule has 9 nitrogen and oxygen atoms in total. The van der Waals surface area contributed by atoms with Gasteiger partial charge in [-0.25, -0.2) is 4.79 Å². The number of thiazole rings is 1. The first-order valence-corrected chi connectivity index (χ1v) is 8.88. The van der Waals surface area contributed by atoms with E-state index >= 15 is 0 Å². The van der Waals surface area contributed by atoms with E-state index in [1.165, 1.54) is 22.8 Å². The minimum atomic E-state index is -0.460. The maximum atomic E-state index is 11.9. The smallest absolute Gasteiger partial charge is 0.372 e. The number of nitro groups is 1. The summed E-state index contributed by atoms with van der Waals surface area (Å²) in [4.78, 5) is 32.2. The molecule has 1 N–H and O–H groups in total. The highest BCUT2D eigenvalue weighted by molar-refractivity contribution is 7.15. The Bertz CT molecular complexity index is 1010. The number of ether oxygens (including phenoxy) is 1. The number of carbonyl (C=O) groups is 1. The number of anilines is 1. The van der Waals surface area contributed by atoms with Crippen LogP contribution < -0.4 is 5.32 Å². The molecule has 0 spiro atoms. The van der Waals surface area contributed by atoms with Crippen molar-refractivity contribution in [3.05, 3.63) is 50.8 Å². The second-order valence-electron chi connectivity index (χ2n) is 5.95. The first-order valence-electron chi connectivity index (χ1n) is 8.00. The summed E-state index contributed by atoms with van der Waals surface area (Å²) < 4.78 is 6.25. The Kier molecular flexibility index (Phi) is 4.03. The minimum absolute atomic E-state index is 0.102. The third-order valence-corrected chi connectivity index (χ3v) is 4.96. The van der Waals surface area contributed by atoms with E-state index in [0.717, 1.165) is 18.5 Å². The van der Waals surface area contributed by atoms with Gasteiger partial charge >= 0.3 is 11.8 Å². The fourth-order valence-electron chi connectivity index (χ4n) is 2.81. The summed E-state index contributed by atoms with van der Waals surface area (Å²) in [7, 11) is 1.35. The zero-order chi connectivity index (χ0) is 18.3. The number of hydrogen-bond acceptors (Lipinski definition) is 8. The van der Waals surface area contributed by atoms with Gasteiger partial charge < -0.3 is 20.2 Å². The lowest BCUT2D eigenvalue weighted by molar-refractivity contribution is -0.389. The van der Waals surface area contributed by atoms with Crippen LogP contribution in [0.3, 0.4) is 0 Å². The molecular formula is C16H15N5O4S. The molecule has 0 atom stereocenters. The molecule has 0 saturated heterocycles. The maximum Gasteiger partial charge on any atom is 0.372 e. The largest absolute Gasteiger partial charge is 0.465 e. The number of aromatic nitrogens is 3. The summed E-state index contributed by atoms with van der Waals surface area (Å²) in [6, 6.07) is 3.42. The molecule has 0 unspecified atom stereocenters. The summed E-state index contributed by atoms with van der Waals surface area (Å²) in [5.41, 5.74) is 1.90. The summed E-state index contributed by atoms with van der Waals surface area (Å²) in [5, 5.41) is 16.1. The zero-order valence-corrected chi connectivity index (χ0v) is 14.7. The first-order chi connectivity index (χ1) is 12.6. The maximum absolute atomic E-state index is 11.9. The lowest BCUT2D eigenvalue weighted by atomic mass is 10.1. The van der Waals surface area contributed by atoms with E-state index < -0.39 is 10.9 Å². The molecule has 4 rings (SSSR count). The van der Waals surface area contributed by atoms with Crippen LogP contribution in [0.1, 0.15) is 40.5 Å². The third-order valence-electron chi connectivity index (χ3n) is 4.20. The lowest BCUT2D eigenvalue weighted by Gasteiger charge is -2.09. The highest BCUT2D eigenvalue weighted by Gasteiger charge is 2.30. The summed E-state index contributed by atoms with van der Waals surface area (Å²) in [6.07, 6.45) is 3.61. The third kappa shape index (κ3) is 2.88. The molecule has 1 aliphatic rings. The normalized spacial score (nSPS) is 13.7. The number of pyridine rings is 1. The van der Waals surface area contributed by atoms with E-state index in [-0.39, 0.29) is 24.1 Å². The van der Waals surface area contributed by atoms with Crippen LogP contribution in [0.4, 0.5) is 11.6 Å². The molecule has 0 aromatic carbocycles. The highest BCUT2D eigenvalue weighted by Crippen LogP contribution is 2.41. The molecular weight excluding hydrogens is 358 g/mol. The van der Waals surface area contributed by atoms with Crippen LogP contribution in [0, 0.1) is 10.1 Å². The number of esters is 1. The van der Waals surface area contributed by atoms with Crippen molar-refractivity contribution in [3.63, 3.8) is 0 Å². The SMILES string of the molecule is COC(=O)c1ccc(CNc2nc3sccn3c2[N+](=O)[O-])nc1C1CC1. The van der Waals surface area contributed by atoms with Crippen LogP contribution >= 0.6 is 11.3 Å². The van der Waals surface area contributed by atoms with Crippen molar-refractivity contribution < 1.29 is 14.5 Å². The van der Waals surface area contributed by atoms with E-state index in [2.05, 4.69) is 15.3 Å². The molecule has 0 radical (unpaired) electrons. The van der Waals surface area contributed by atoms with Crippen LogP contribution in [0.5, 0.6) is 0 Å². The number of methoxy groups -OCH3 is 1. The van der Waals surface area contributed by atoms with Gasteiger partial charge in [-0.3, -0.25) is 4.98 Å². The molecule has 0 amide bonds. The van der Waals surface area contributed by atoms with Crippen molar-refractivity contribution in [3.8, 4) is 0 Å². The predicted molar refractivity (Wildman–Crippen MR) is 94.6 cm³/mol. The Balaban J connectivity index is 1.59. The Morgan fingerprint density at radius 3 is 2.96 bits per heavy atom. The Morgan fingerprint density at radius 1 is 1.46 bits per heavy atom. The van der Waals surface area contributed by atoms with Crippen molar-refractivity contribution >= 4 is 33.9 Å². The molecule has 26 heavy (non-hydrogen) atoms. The van der Waals surface area contributed by atoms with Gasteiger partial charge in [0.2, 0.25) is 5.82 Å². The van der Waals surface area contributed by atoms with Crippen molar-refractivity contribution in [2.45, 2.75) is 25.3 Å². The van der Waals surface area contributed by atoms with Gasteiger partial charge in [-0.2, -0.15) is 9.38 Å². The van der Waals surface area contributed by atoms with E-state index in [1.54, 1.807) is 23.7 Å². The van der Waals surface area contributed by atoms with Gasteiger partial charge in [0.05, 0.1) is 30.6 Å². The number of nitrogens with zero attached hydrogens (tertiary/aromatic N) is 4. The van der Waals surface area contributed by atoms with Crippen molar-refractivity contribution in [2.24, 2.45) is 0 Å². The average Bonchev–Trinajstić information content (AvgIpc) is 3.28. The fourth-order valence-corrected chi connectivity index (χ4v) is 3.52. The number of imidazole rings is 1. The summed E-state index contributed by atoms with van der Waals surface area (Å²) in [6.45, 7) is 0.271. The van der Waals surface area contributed by atoms with Gasteiger partial charge in [-0.05, 0) is 29.9 Å². The molecule has 0 bridgehead atoms. The van der Waals surface area contributed by atoms with Crippen LogP contribution in [0.15, 0.2) is 23.7 Å². The van der Waals surface area contributed by atoms with E-state index in [4.69, 9.17) is 4.74 Å². The molecule has 1 aliphatic carbocycles. The lowest BCUT2D eigenvalue weighted by Crippen LogP contribution is -2.10. The van der Waals surface area contributed by atoms with Gasteiger partial charge in [0.1, 0.15) is 6.20 Å². The Morgan fingerprint density at radius 2 is 2.27 bits per heavy atom. The molecule has 0 aliphatic heterocycles. The molecule has 1 saturated carbocycles. The second kappa shape index (κ2) is 6.37. The van der Waals surface area contributed by atoms with Gasteiger partial charge in [0.25, 0.3) is 4.96 Å². The Labute approximate surface area is 151 Å². The number of nitrogens with one attached hydrogen (secondary N) is 1. The van der Waals surface area contributed by atoms with Crippen LogP contribution in [0.25, 0.3) is 4.96 Å². The number of rotatable bonds is 6. The molecule has 3 aromatic rings. The second-order valence-corrected chi connectivity index (χ2v) is 6.82. The van der Waals surface area contributed by atoms with Gasteiger partial charge in [-0.15, -0.1) is 0 Å². The van der Waals surface area contributed by atoms with E-state index in [0.29, 0.717) is 16.2 Å². The summed E-state index contributed by atoms with van der Waals surface area (Å²) in [5.74, 6) is -0.0243. The van der Waals surface area contributed by atoms with E-state index in [9.17, 15) is 14.9 Å². The van der Waals surface area contributed by atoms with Gasteiger partial charge in [-0.1, -0.05) is 11.3 Å². The Hall–Kier alpha value is -3.01. The van der Waals surface area contributed by atoms with Crippen LogP contribution in [-0.2, 0) is 11.3 Å². The number of carbonyl (C=O) groups excluding carboxylic acids is 1. The molecule has 3 aromatic heterocycles. The average molecular weight is 373 g/mol. The molecule has 3 heterocycles. The zero-order valence-electron chi connectivity index (χ0n) is 13.8. The van der Waals surface area contributed by atoms with Crippen molar-refractivity contribution in [1.29, 1.82) is 0 Å². The summed E-state index contributed by atoms with van der Waals surface area (Å²) >= 11 is 1.32. The number of hydrogen-bond donors (Lipinski definition) is 1. The predicted octanol–water partition coefficient (Wildman–Crippen LogP) is 2.98. The topological polar surface area (TPSA) is 112 Å². The molecule has 10 heteroatoms. The fraction of sp³-hybridized carbons (Fsp3) is 0.312. The standard InChI is InChI=1S/C16H15N5O4S/c1-25-15(22)11-5-4-10(18-12(11)9-2-3-9)8-17-13-14(21(23)24)20-6-7-26-16(20)19-13/h4-7,9,17H,2-3,8H2,1H3. The quantitative estimate of drug-likeness (QED) is 0.401. The van der Waals surface area contributed by atoms with Crippen molar-refractivity contribution in [1.82, 2.24) is 14.4 Å². The molecule has 1 fully saturated rings. The minimum Gasteiger partial charge on any atom is -0.465 e. The van der Waals surface area contributed by atoms with Crippen molar-refractivity contribution in [2.75, 3.05) is 12.4 Å². The van der Waals surface area contributed by atoms with Crippen LogP contribution in [-0.4, -0.2) is 32.4 Å². The molecule has 134 valence electrons. The van der Waals surface area contributed by atoms with Gasteiger partial charge in [0.15, 0.2) is 0 Å². The first kappa shape index (κ1) is 16.5.